The van der Waals surface area contributed by atoms with Crippen molar-refractivity contribution in [2.45, 2.75) is 52.1 Å². The van der Waals surface area contributed by atoms with E-state index in [0.717, 1.165) is 36.8 Å². The lowest BCUT2D eigenvalue weighted by Gasteiger charge is -2.40. The first-order valence-electron chi connectivity index (χ1n) is 6.31. The molecule has 1 saturated carbocycles. The molecule has 0 spiro atoms. The van der Waals surface area contributed by atoms with Crippen LogP contribution in [0.1, 0.15) is 50.7 Å². The van der Waals surface area contributed by atoms with Crippen LogP contribution in [-0.2, 0) is 5.60 Å². The summed E-state index contributed by atoms with van der Waals surface area (Å²) in [5, 5.41) is 10.7. The van der Waals surface area contributed by atoms with Gasteiger partial charge < -0.3 is 5.11 Å². The summed E-state index contributed by atoms with van der Waals surface area (Å²) in [7, 11) is 0. The third-order valence-corrected chi connectivity index (χ3v) is 4.01. The van der Waals surface area contributed by atoms with Crippen LogP contribution in [0.3, 0.4) is 0 Å². The molecule has 0 radical (unpaired) electrons. The lowest BCUT2D eigenvalue weighted by Crippen LogP contribution is -2.34. The standard InChI is InChI=1S/C15H21FO/c1-11-8-12(10-13(16)9-11)15(17)6-4-14(2,3)5-7-15/h8-10,17H,4-7H2,1-3H3. The summed E-state index contributed by atoms with van der Waals surface area (Å²) in [6.45, 7) is 6.31. The molecule has 1 nitrogen and oxygen atoms in total. The molecule has 1 N–H and O–H groups in total. The second-order valence-electron chi connectivity index (χ2n) is 6.21. The van der Waals surface area contributed by atoms with Gasteiger partial charge in [-0.1, -0.05) is 19.9 Å². The molecule has 1 aliphatic carbocycles. The molecule has 1 aromatic carbocycles. The van der Waals surface area contributed by atoms with E-state index >= 15 is 0 Å². The molecular formula is C15H21FO. The highest BCUT2D eigenvalue weighted by Crippen LogP contribution is 2.45. The van der Waals surface area contributed by atoms with E-state index in [-0.39, 0.29) is 5.82 Å². The minimum Gasteiger partial charge on any atom is -0.385 e. The van der Waals surface area contributed by atoms with Crippen LogP contribution in [0.5, 0.6) is 0 Å². The van der Waals surface area contributed by atoms with Gasteiger partial charge in [-0.05, 0) is 61.3 Å². The molecular weight excluding hydrogens is 215 g/mol. The molecule has 2 rings (SSSR count). The van der Waals surface area contributed by atoms with Crippen molar-refractivity contribution >= 4 is 0 Å². The summed E-state index contributed by atoms with van der Waals surface area (Å²) in [4.78, 5) is 0. The highest BCUT2D eigenvalue weighted by molar-refractivity contribution is 5.29. The molecule has 94 valence electrons. The van der Waals surface area contributed by atoms with Gasteiger partial charge in [-0.3, -0.25) is 0 Å². The van der Waals surface area contributed by atoms with Gasteiger partial charge in [0.25, 0.3) is 0 Å². The molecule has 0 unspecified atom stereocenters. The van der Waals surface area contributed by atoms with E-state index in [1.54, 1.807) is 0 Å². The number of aliphatic hydroxyl groups is 1. The van der Waals surface area contributed by atoms with Gasteiger partial charge in [-0.25, -0.2) is 4.39 Å². The van der Waals surface area contributed by atoms with Crippen LogP contribution in [0.4, 0.5) is 4.39 Å². The van der Waals surface area contributed by atoms with Crippen molar-refractivity contribution in [1.82, 2.24) is 0 Å². The Balaban J connectivity index is 2.27. The zero-order valence-corrected chi connectivity index (χ0v) is 10.9. The Kier molecular flexibility index (Phi) is 3.03. The van der Waals surface area contributed by atoms with Crippen molar-refractivity contribution < 1.29 is 9.50 Å². The number of hydrogen-bond acceptors (Lipinski definition) is 1. The maximum atomic E-state index is 13.4. The molecule has 17 heavy (non-hydrogen) atoms. The Morgan fingerprint density at radius 3 is 2.18 bits per heavy atom. The van der Waals surface area contributed by atoms with Crippen molar-refractivity contribution in [2.75, 3.05) is 0 Å². The SMILES string of the molecule is Cc1cc(F)cc(C2(O)CCC(C)(C)CC2)c1. The predicted octanol–water partition coefficient (Wildman–Crippen LogP) is 3.92. The second kappa shape index (κ2) is 4.09. The molecule has 1 aliphatic rings. The highest BCUT2D eigenvalue weighted by atomic mass is 19.1. The molecule has 0 saturated heterocycles. The van der Waals surface area contributed by atoms with Gasteiger partial charge in [0.1, 0.15) is 5.82 Å². The molecule has 0 bridgehead atoms. The molecule has 0 heterocycles. The van der Waals surface area contributed by atoms with Crippen LogP contribution in [0.25, 0.3) is 0 Å². The van der Waals surface area contributed by atoms with E-state index in [0.29, 0.717) is 5.41 Å². The van der Waals surface area contributed by atoms with Crippen molar-refractivity contribution in [1.29, 1.82) is 0 Å². The molecule has 0 aromatic heterocycles. The van der Waals surface area contributed by atoms with Gasteiger partial charge in [0.05, 0.1) is 5.60 Å². The number of halogens is 1. The van der Waals surface area contributed by atoms with Crippen LogP contribution in [0.2, 0.25) is 0 Å². The first-order chi connectivity index (χ1) is 7.81. The van der Waals surface area contributed by atoms with Crippen LogP contribution < -0.4 is 0 Å². The van der Waals surface area contributed by atoms with Gasteiger partial charge in [0.15, 0.2) is 0 Å². The molecule has 2 heteroatoms. The Hall–Kier alpha value is -0.890. The number of hydrogen-bond donors (Lipinski definition) is 1. The fourth-order valence-electron chi connectivity index (χ4n) is 2.63. The maximum Gasteiger partial charge on any atom is 0.123 e. The Morgan fingerprint density at radius 2 is 1.65 bits per heavy atom. The van der Waals surface area contributed by atoms with E-state index in [9.17, 15) is 9.50 Å². The first kappa shape index (κ1) is 12.6. The minimum atomic E-state index is -0.831. The van der Waals surface area contributed by atoms with Crippen molar-refractivity contribution in [3.63, 3.8) is 0 Å². The number of rotatable bonds is 1. The Labute approximate surface area is 103 Å². The molecule has 0 aliphatic heterocycles. The summed E-state index contributed by atoms with van der Waals surface area (Å²) in [5.41, 5.74) is 1.08. The fourth-order valence-corrected chi connectivity index (χ4v) is 2.63. The number of aryl methyl sites for hydroxylation is 1. The average molecular weight is 236 g/mol. The Morgan fingerprint density at radius 1 is 1.06 bits per heavy atom. The van der Waals surface area contributed by atoms with Crippen molar-refractivity contribution in [2.24, 2.45) is 5.41 Å². The molecule has 0 amide bonds. The summed E-state index contributed by atoms with van der Waals surface area (Å²) in [6.07, 6.45) is 3.42. The van der Waals surface area contributed by atoms with E-state index in [2.05, 4.69) is 13.8 Å². The first-order valence-corrected chi connectivity index (χ1v) is 6.31. The van der Waals surface area contributed by atoms with Gasteiger partial charge >= 0.3 is 0 Å². The maximum absolute atomic E-state index is 13.4. The van der Waals surface area contributed by atoms with Crippen molar-refractivity contribution in [3.8, 4) is 0 Å². The van der Waals surface area contributed by atoms with Crippen LogP contribution in [0, 0.1) is 18.2 Å². The second-order valence-corrected chi connectivity index (χ2v) is 6.21. The summed E-state index contributed by atoms with van der Waals surface area (Å²) >= 11 is 0. The zero-order chi connectivity index (χ0) is 12.7. The van der Waals surface area contributed by atoms with E-state index in [1.807, 2.05) is 13.0 Å². The lowest BCUT2D eigenvalue weighted by atomic mass is 9.69. The van der Waals surface area contributed by atoms with E-state index in [1.165, 1.54) is 12.1 Å². The summed E-state index contributed by atoms with van der Waals surface area (Å²) < 4.78 is 13.4. The quantitative estimate of drug-likeness (QED) is 0.783. The summed E-state index contributed by atoms with van der Waals surface area (Å²) in [6, 6.07) is 4.88. The van der Waals surface area contributed by atoms with E-state index < -0.39 is 5.60 Å². The topological polar surface area (TPSA) is 20.2 Å². The third-order valence-electron chi connectivity index (χ3n) is 4.01. The van der Waals surface area contributed by atoms with Gasteiger partial charge in [-0.15, -0.1) is 0 Å². The highest BCUT2D eigenvalue weighted by Gasteiger charge is 2.38. The Bertz CT molecular complexity index is 393. The van der Waals surface area contributed by atoms with Gasteiger partial charge in [-0.2, -0.15) is 0 Å². The predicted molar refractivity (Wildman–Crippen MR) is 67.3 cm³/mol. The fraction of sp³-hybridized carbons (Fsp3) is 0.600. The minimum absolute atomic E-state index is 0.252. The molecule has 0 atom stereocenters. The zero-order valence-electron chi connectivity index (χ0n) is 10.9. The van der Waals surface area contributed by atoms with Gasteiger partial charge in [0, 0.05) is 0 Å². The van der Waals surface area contributed by atoms with Crippen LogP contribution >= 0.6 is 0 Å². The van der Waals surface area contributed by atoms with Crippen LogP contribution in [-0.4, -0.2) is 5.11 Å². The molecule has 1 aromatic rings. The number of benzene rings is 1. The molecule has 1 fully saturated rings. The van der Waals surface area contributed by atoms with E-state index in [4.69, 9.17) is 0 Å². The summed E-state index contributed by atoms with van der Waals surface area (Å²) in [5.74, 6) is -0.252. The monoisotopic (exact) mass is 236 g/mol. The van der Waals surface area contributed by atoms with Crippen molar-refractivity contribution in [3.05, 3.63) is 35.1 Å². The third kappa shape index (κ3) is 2.68. The van der Waals surface area contributed by atoms with Gasteiger partial charge in [0.2, 0.25) is 0 Å². The normalized spacial score (nSPS) is 22.4. The van der Waals surface area contributed by atoms with Crippen LogP contribution in [0.15, 0.2) is 18.2 Å². The largest absolute Gasteiger partial charge is 0.385 e. The average Bonchev–Trinajstić information content (AvgIpc) is 2.22. The smallest absolute Gasteiger partial charge is 0.123 e. The lowest BCUT2D eigenvalue weighted by molar-refractivity contribution is -0.0308.